The zero-order valence-electron chi connectivity index (χ0n) is 17.2. The largest absolute Gasteiger partial charge is 0.465 e. The standard InChI is InChI=1S/C25H20N2O4/c1-16-12-13-18(14-26-16)24(28)31-15-21-23(25(29)30-2)22(17-8-4-3-5-9-17)19-10-6-7-11-20(19)27-21/h3-14H,15H2,1-2H3. The first-order valence-electron chi connectivity index (χ1n) is 9.73. The van der Waals surface area contributed by atoms with Gasteiger partial charge in [0.25, 0.3) is 0 Å². The molecule has 2 aromatic heterocycles. The lowest BCUT2D eigenvalue weighted by Gasteiger charge is -2.16. The molecule has 0 atom stereocenters. The van der Waals surface area contributed by atoms with E-state index < -0.39 is 11.9 Å². The Bertz CT molecular complexity index is 1250. The molecule has 0 saturated carbocycles. The monoisotopic (exact) mass is 412 g/mol. The maximum absolute atomic E-state index is 12.8. The van der Waals surface area contributed by atoms with Crippen molar-refractivity contribution in [3.05, 3.63) is 95.4 Å². The Hall–Kier alpha value is -4.06. The highest BCUT2D eigenvalue weighted by Gasteiger charge is 2.24. The molecule has 4 rings (SSSR count). The second kappa shape index (κ2) is 8.75. The molecule has 2 aromatic carbocycles. The highest BCUT2D eigenvalue weighted by Crippen LogP contribution is 2.34. The van der Waals surface area contributed by atoms with E-state index in [0.29, 0.717) is 22.3 Å². The minimum Gasteiger partial charge on any atom is -0.465 e. The Morgan fingerprint density at radius 3 is 2.35 bits per heavy atom. The molecule has 0 amide bonds. The normalized spacial score (nSPS) is 10.6. The van der Waals surface area contributed by atoms with E-state index in [4.69, 9.17) is 9.47 Å². The van der Waals surface area contributed by atoms with Gasteiger partial charge < -0.3 is 9.47 Å². The van der Waals surface area contributed by atoms with Crippen LogP contribution in [0.25, 0.3) is 22.0 Å². The van der Waals surface area contributed by atoms with Gasteiger partial charge in [0.15, 0.2) is 0 Å². The highest BCUT2D eigenvalue weighted by atomic mass is 16.5. The van der Waals surface area contributed by atoms with Crippen LogP contribution in [-0.2, 0) is 16.1 Å². The number of carbonyl (C=O) groups is 2. The minimum absolute atomic E-state index is 0.179. The lowest BCUT2D eigenvalue weighted by Crippen LogP contribution is -2.14. The Kier molecular flexibility index (Phi) is 5.71. The van der Waals surface area contributed by atoms with Gasteiger partial charge in [-0.25, -0.2) is 14.6 Å². The van der Waals surface area contributed by atoms with E-state index in [-0.39, 0.29) is 12.2 Å². The summed E-state index contributed by atoms with van der Waals surface area (Å²) in [5.74, 6) is -1.08. The molecule has 0 unspecified atom stereocenters. The Morgan fingerprint density at radius 1 is 0.903 bits per heavy atom. The van der Waals surface area contributed by atoms with Crippen molar-refractivity contribution in [1.82, 2.24) is 9.97 Å². The smallest absolute Gasteiger partial charge is 0.340 e. The number of fused-ring (bicyclic) bond motifs is 1. The van der Waals surface area contributed by atoms with Gasteiger partial charge >= 0.3 is 11.9 Å². The van der Waals surface area contributed by atoms with E-state index in [1.807, 2.05) is 61.5 Å². The van der Waals surface area contributed by atoms with Crippen molar-refractivity contribution >= 4 is 22.8 Å². The minimum atomic E-state index is -0.542. The van der Waals surface area contributed by atoms with Gasteiger partial charge in [-0.2, -0.15) is 0 Å². The van der Waals surface area contributed by atoms with Crippen LogP contribution in [0.4, 0.5) is 0 Å². The number of para-hydroxylation sites is 1. The topological polar surface area (TPSA) is 78.4 Å². The number of aryl methyl sites for hydroxylation is 1. The molecule has 0 spiro atoms. The summed E-state index contributed by atoms with van der Waals surface area (Å²) in [6, 6.07) is 20.5. The number of rotatable bonds is 5. The first-order valence-corrected chi connectivity index (χ1v) is 9.73. The van der Waals surface area contributed by atoms with Crippen LogP contribution in [-0.4, -0.2) is 29.0 Å². The van der Waals surface area contributed by atoms with Crippen LogP contribution in [0.2, 0.25) is 0 Å². The molecule has 0 aliphatic rings. The number of esters is 2. The quantitative estimate of drug-likeness (QED) is 0.440. The first-order chi connectivity index (χ1) is 15.1. The third-order valence-electron chi connectivity index (χ3n) is 4.91. The number of carbonyl (C=O) groups excluding carboxylic acids is 2. The van der Waals surface area contributed by atoms with Crippen LogP contribution in [0.3, 0.4) is 0 Å². The zero-order chi connectivity index (χ0) is 21.8. The average Bonchev–Trinajstić information content (AvgIpc) is 2.82. The van der Waals surface area contributed by atoms with Gasteiger partial charge in [-0.15, -0.1) is 0 Å². The summed E-state index contributed by atoms with van der Waals surface area (Å²) >= 11 is 0. The molecule has 0 aliphatic carbocycles. The molecular formula is C25H20N2O4. The third kappa shape index (κ3) is 4.14. The maximum Gasteiger partial charge on any atom is 0.340 e. The lowest BCUT2D eigenvalue weighted by molar-refractivity contribution is 0.0455. The molecule has 0 radical (unpaired) electrons. The summed E-state index contributed by atoms with van der Waals surface area (Å²) in [6.45, 7) is 1.66. The molecule has 31 heavy (non-hydrogen) atoms. The molecule has 6 heteroatoms. The van der Waals surface area contributed by atoms with Crippen LogP contribution < -0.4 is 0 Å². The van der Waals surface area contributed by atoms with E-state index in [2.05, 4.69) is 9.97 Å². The van der Waals surface area contributed by atoms with Crippen LogP contribution >= 0.6 is 0 Å². The molecule has 0 saturated heterocycles. The van der Waals surface area contributed by atoms with Crippen molar-refractivity contribution in [3.63, 3.8) is 0 Å². The van der Waals surface area contributed by atoms with Crippen molar-refractivity contribution in [2.45, 2.75) is 13.5 Å². The van der Waals surface area contributed by atoms with Gasteiger partial charge in [-0.1, -0.05) is 48.5 Å². The molecule has 2 heterocycles. The molecule has 0 bridgehead atoms. The Balaban J connectivity index is 1.81. The Morgan fingerprint density at radius 2 is 1.65 bits per heavy atom. The maximum atomic E-state index is 12.8. The van der Waals surface area contributed by atoms with Crippen molar-refractivity contribution < 1.29 is 19.1 Å². The predicted molar refractivity (Wildman–Crippen MR) is 117 cm³/mol. The van der Waals surface area contributed by atoms with Crippen LogP contribution in [0, 0.1) is 6.92 Å². The highest BCUT2D eigenvalue weighted by molar-refractivity contribution is 6.07. The van der Waals surface area contributed by atoms with Gasteiger partial charge in [0.2, 0.25) is 0 Å². The number of hydrogen-bond acceptors (Lipinski definition) is 6. The SMILES string of the molecule is COC(=O)c1c(COC(=O)c2ccc(C)nc2)nc2ccccc2c1-c1ccccc1. The first kappa shape index (κ1) is 20.2. The number of benzene rings is 2. The van der Waals surface area contributed by atoms with Gasteiger partial charge in [-0.05, 0) is 30.7 Å². The van der Waals surface area contributed by atoms with Crippen LogP contribution in [0.5, 0.6) is 0 Å². The summed E-state index contributed by atoms with van der Waals surface area (Å²) in [6.07, 6.45) is 1.46. The summed E-state index contributed by atoms with van der Waals surface area (Å²) in [5.41, 5.74) is 3.97. The van der Waals surface area contributed by atoms with Crippen molar-refractivity contribution in [2.24, 2.45) is 0 Å². The van der Waals surface area contributed by atoms with Gasteiger partial charge in [0.05, 0.1) is 29.4 Å². The number of aromatic nitrogens is 2. The van der Waals surface area contributed by atoms with Crippen molar-refractivity contribution in [1.29, 1.82) is 0 Å². The lowest BCUT2D eigenvalue weighted by atomic mass is 9.94. The molecule has 4 aromatic rings. The van der Waals surface area contributed by atoms with Gasteiger partial charge in [0, 0.05) is 22.8 Å². The van der Waals surface area contributed by atoms with Crippen LogP contribution in [0.1, 0.15) is 32.1 Å². The van der Waals surface area contributed by atoms with E-state index in [1.165, 1.54) is 13.3 Å². The third-order valence-corrected chi connectivity index (χ3v) is 4.91. The fourth-order valence-electron chi connectivity index (χ4n) is 3.40. The summed E-state index contributed by atoms with van der Waals surface area (Å²) in [4.78, 5) is 34.0. The zero-order valence-corrected chi connectivity index (χ0v) is 17.2. The Labute approximate surface area is 179 Å². The number of hydrogen-bond donors (Lipinski definition) is 0. The fourth-order valence-corrected chi connectivity index (χ4v) is 3.40. The van der Waals surface area contributed by atoms with E-state index in [1.54, 1.807) is 12.1 Å². The molecular weight excluding hydrogens is 392 g/mol. The molecule has 154 valence electrons. The summed E-state index contributed by atoms with van der Waals surface area (Å²) < 4.78 is 10.5. The number of ether oxygens (including phenoxy) is 2. The molecule has 6 nitrogen and oxygen atoms in total. The van der Waals surface area contributed by atoms with Crippen molar-refractivity contribution in [2.75, 3.05) is 7.11 Å². The summed E-state index contributed by atoms with van der Waals surface area (Å²) in [5, 5.41) is 0.812. The van der Waals surface area contributed by atoms with Crippen molar-refractivity contribution in [3.8, 4) is 11.1 Å². The van der Waals surface area contributed by atoms with E-state index >= 15 is 0 Å². The second-order valence-corrected chi connectivity index (χ2v) is 6.95. The number of methoxy groups -OCH3 is 1. The van der Waals surface area contributed by atoms with Crippen LogP contribution in [0.15, 0.2) is 72.9 Å². The van der Waals surface area contributed by atoms with Gasteiger partial charge in [-0.3, -0.25) is 4.98 Å². The number of nitrogens with zero attached hydrogens (tertiary/aromatic N) is 2. The van der Waals surface area contributed by atoms with Gasteiger partial charge in [0.1, 0.15) is 6.61 Å². The fraction of sp³-hybridized carbons (Fsp3) is 0.120. The molecule has 0 N–H and O–H groups in total. The summed E-state index contributed by atoms with van der Waals surface area (Å²) in [7, 11) is 1.32. The average molecular weight is 412 g/mol. The molecule has 0 fully saturated rings. The van der Waals surface area contributed by atoms with E-state index in [0.717, 1.165) is 16.6 Å². The van der Waals surface area contributed by atoms with E-state index in [9.17, 15) is 9.59 Å². The number of pyridine rings is 2. The predicted octanol–water partition coefficient (Wildman–Crippen LogP) is 4.75. The second-order valence-electron chi connectivity index (χ2n) is 6.95. The molecule has 0 aliphatic heterocycles.